The Kier molecular flexibility index (Phi) is 29.4. The van der Waals surface area contributed by atoms with Gasteiger partial charge in [-0.25, -0.2) is 4.57 Å². The van der Waals surface area contributed by atoms with Crippen molar-refractivity contribution in [2.75, 3.05) is 6.61 Å². The van der Waals surface area contributed by atoms with E-state index in [-0.39, 0.29) is 12.8 Å². The minimum absolute atomic E-state index is 0.236. The molecule has 320 valence electrons. The highest BCUT2D eigenvalue weighted by atomic mass is 31.2. The van der Waals surface area contributed by atoms with Crippen molar-refractivity contribution in [1.29, 1.82) is 0 Å². The number of aliphatic hydroxyl groups excluding tert-OH is 7. The number of aliphatic hydroxyl groups is 7. The zero-order valence-electron chi connectivity index (χ0n) is 33.4. The molecule has 0 radical (unpaired) electrons. The van der Waals surface area contributed by atoms with Gasteiger partial charge >= 0.3 is 7.82 Å². The lowest BCUT2D eigenvalue weighted by Crippen LogP contribution is -2.64. The van der Waals surface area contributed by atoms with E-state index < -0.39 is 75.2 Å². The molecule has 9 N–H and O–H groups in total. The first-order valence-corrected chi connectivity index (χ1v) is 22.7. The first kappa shape index (κ1) is 51.1. The summed E-state index contributed by atoms with van der Waals surface area (Å²) in [5.41, 5.74) is 0. The van der Waals surface area contributed by atoms with Gasteiger partial charge in [-0.05, 0) is 32.1 Å². The highest BCUT2D eigenvalue weighted by Crippen LogP contribution is 2.47. The number of rotatable bonds is 34. The minimum atomic E-state index is -5.11. The second-order valence-corrected chi connectivity index (χ2v) is 16.8. The molecule has 0 spiro atoms. The van der Waals surface area contributed by atoms with E-state index in [2.05, 4.69) is 31.3 Å². The van der Waals surface area contributed by atoms with Crippen molar-refractivity contribution in [2.24, 2.45) is 0 Å². The molecule has 1 rings (SSSR count). The van der Waals surface area contributed by atoms with Gasteiger partial charge in [0.2, 0.25) is 5.91 Å². The smallest absolute Gasteiger partial charge is 0.393 e. The lowest BCUT2D eigenvalue weighted by molar-refractivity contribution is -0.220. The van der Waals surface area contributed by atoms with Crippen LogP contribution in [0.4, 0.5) is 0 Å². The second kappa shape index (κ2) is 31.1. The van der Waals surface area contributed by atoms with Crippen molar-refractivity contribution in [3.05, 3.63) is 12.2 Å². The lowest BCUT2D eigenvalue weighted by atomic mass is 9.85. The number of phosphoric ester groups is 1. The Labute approximate surface area is 325 Å². The number of allylic oxidation sites excluding steroid dienone is 2. The van der Waals surface area contributed by atoms with Crippen LogP contribution in [0.5, 0.6) is 0 Å². The molecule has 0 saturated heterocycles. The molecule has 1 saturated carbocycles. The number of hydrogen-bond donors (Lipinski definition) is 9. The Bertz CT molecular complexity index is 990. The van der Waals surface area contributed by atoms with Crippen molar-refractivity contribution in [1.82, 2.24) is 5.32 Å². The molecule has 14 heteroatoms. The SMILES string of the molecule is CCCC/C=C\CCCCC(O)CC(=O)NC(COP(=O)(O)OC1C(O)C(O)C(O)C(O)C1O)C(O)CCCCCCCCCCCCCCCCCC. The average Bonchev–Trinajstić information content (AvgIpc) is 3.14. The van der Waals surface area contributed by atoms with Gasteiger partial charge in [-0.2, -0.15) is 0 Å². The normalized spacial score (nSPS) is 24.7. The fourth-order valence-corrected chi connectivity index (χ4v) is 7.78. The highest BCUT2D eigenvalue weighted by molar-refractivity contribution is 7.47. The third-order valence-corrected chi connectivity index (χ3v) is 11.4. The van der Waals surface area contributed by atoms with Crippen LogP contribution < -0.4 is 5.32 Å². The van der Waals surface area contributed by atoms with Crippen molar-refractivity contribution in [3.63, 3.8) is 0 Å². The maximum atomic E-state index is 12.9. The third-order valence-electron chi connectivity index (χ3n) is 10.4. The molecule has 0 aromatic carbocycles. The maximum absolute atomic E-state index is 12.9. The summed E-state index contributed by atoms with van der Waals surface area (Å²) in [7, 11) is -5.11. The number of amides is 1. The molecule has 54 heavy (non-hydrogen) atoms. The third kappa shape index (κ3) is 23.3. The Balaban J connectivity index is 2.57. The van der Waals surface area contributed by atoms with Crippen LogP contribution in [0.3, 0.4) is 0 Å². The monoisotopic (exact) mass is 796 g/mol. The molecule has 1 aliphatic carbocycles. The Morgan fingerprint density at radius 3 is 1.56 bits per heavy atom. The average molecular weight is 796 g/mol. The molecule has 0 aliphatic heterocycles. The van der Waals surface area contributed by atoms with Gasteiger partial charge in [-0.1, -0.05) is 148 Å². The Hall–Kier alpha value is -0.960. The topological polar surface area (TPSA) is 226 Å². The van der Waals surface area contributed by atoms with Crippen LogP contribution in [0.2, 0.25) is 0 Å². The van der Waals surface area contributed by atoms with Crippen molar-refractivity contribution in [3.8, 4) is 0 Å². The molecule has 8 atom stereocenters. The van der Waals surface area contributed by atoms with Crippen LogP contribution in [0.25, 0.3) is 0 Å². The van der Waals surface area contributed by atoms with E-state index in [0.717, 1.165) is 64.2 Å². The van der Waals surface area contributed by atoms with Crippen LogP contribution in [0.1, 0.15) is 174 Å². The van der Waals surface area contributed by atoms with Gasteiger partial charge in [0.1, 0.15) is 36.6 Å². The van der Waals surface area contributed by atoms with Crippen molar-refractivity contribution < 1.29 is 59.0 Å². The largest absolute Gasteiger partial charge is 0.472 e. The summed E-state index contributed by atoms with van der Waals surface area (Å²) in [6.07, 6.45) is 15.8. The van der Waals surface area contributed by atoms with Gasteiger partial charge in [0.05, 0.1) is 31.3 Å². The van der Waals surface area contributed by atoms with E-state index >= 15 is 0 Å². The van der Waals surface area contributed by atoms with E-state index in [1.807, 2.05) is 0 Å². The molecule has 8 unspecified atom stereocenters. The lowest BCUT2D eigenvalue weighted by Gasteiger charge is -2.41. The number of carbonyl (C=O) groups excluding carboxylic acids is 1. The summed E-state index contributed by atoms with van der Waals surface area (Å²) in [5.74, 6) is -0.575. The summed E-state index contributed by atoms with van der Waals surface area (Å²) < 4.78 is 22.8. The molecule has 1 fully saturated rings. The molecule has 0 bridgehead atoms. The first-order valence-electron chi connectivity index (χ1n) is 21.2. The molecule has 1 amide bonds. The van der Waals surface area contributed by atoms with E-state index in [1.165, 1.54) is 70.6 Å². The summed E-state index contributed by atoms with van der Waals surface area (Å²) in [4.78, 5) is 23.3. The van der Waals surface area contributed by atoms with E-state index in [1.54, 1.807) is 0 Å². The molecule has 0 aromatic rings. The Morgan fingerprint density at radius 2 is 1.06 bits per heavy atom. The van der Waals surface area contributed by atoms with Crippen LogP contribution in [-0.2, 0) is 18.4 Å². The van der Waals surface area contributed by atoms with Crippen molar-refractivity contribution in [2.45, 2.75) is 229 Å². The highest BCUT2D eigenvalue weighted by Gasteiger charge is 2.51. The first-order chi connectivity index (χ1) is 25.8. The molecule has 0 heterocycles. The van der Waals surface area contributed by atoms with Crippen LogP contribution >= 0.6 is 7.82 Å². The number of hydrogen-bond acceptors (Lipinski definition) is 11. The van der Waals surface area contributed by atoms with Crippen LogP contribution in [0.15, 0.2) is 12.2 Å². The minimum Gasteiger partial charge on any atom is -0.393 e. The summed E-state index contributed by atoms with van der Waals surface area (Å²) >= 11 is 0. The fourth-order valence-electron chi connectivity index (χ4n) is 6.81. The van der Waals surface area contributed by atoms with Crippen LogP contribution in [0, 0.1) is 0 Å². The quantitative estimate of drug-likeness (QED) is 0.0212. The molecule has 1 aliphatic rings. The zero-order valence-corrected chi connectivity index (χ0v) is 34.3. The van der Waals surface area contributed by atoms with Gasteiger partial charge in [-0.3, -0.25) is 13.8 Å². The van der Waals surface area contributed by atoms with E-state index in [0.29, 0.717) is 12.8 Å². The van der Waals surface area contributed by atoms with Gasteiger partial charge in [0.25, 0.3) is 0 Å². The molecular weight excluding hydrogens is 717 g/mol. The van der Waals surface area contributed by atoms with Crippen molar-refractivity contribution >= 4 is 13.7 Å². The second-order valence-electron chi connectivity index (χ2n) is 15.4. The van der Waals surface area contributed by atoms with Gasteiger partial charge in [0.15, 0.2) is 0 Å². The predicted octanol–water partition coefficient (Wildman–Crippen LogP) is 5.86. The summed E-state index contributed by atoms with van der Waals surface area (Å²) in [6, 6.07) is -1.16. The Morgan fingerprint density at radius 1 is 0.630 bits per heavy atom. The van der Waals surface area contributed by atoms with Gasteiger partial charge in [0, 0.05) is 0 Å². The van der Waals surface area contributed by atoms with Gasteiger partial charge < -0.3 is 46.0 Å². The number of phosphoric acid groups is 1. The summed E-state index contributed by atoms with van der Waals surface area (Å²) in [5, 5.41) is 74.2. The maximum Gasteiger partial charge on any atom is 0.472 e. The van der Waals surface area contributed by atoms with E-state index in [9.17, 15) is 50.0 Å². The van der Waals surface area contributed by atoms with E-state index in [4.69, 9.17) is 9.05 Å². The number of nitrogens with one attached hydrogen (secondary N) is 1. The number of unbranched alkanes of at least 4 members (excludes halogenated alkanes) is 19. The molecular formula is C40H78NO12P. The predicted molar refractivity (Wildman–Crippen MR) is 211 cm³/mol. The fraction of sp³-hybridized carbons (Fsp3) is 0.925. The molecule has 13 nitrogen and oxygen atoms in total. The zero-order chi connectivity index (χ0) is 40.2. The summed E-state index contributed by atoms with van der Waals surface area (Å²) in [6.45, 7) is 3.70. The van der Waals surface area contributed by atoms with Crippen LogP contribution in [-0.4, -0.2) is 108 Å². The van der Waals surface area contributed by atoms with Gasteiger partial charge in [-0.15, -0.1) is 0 Å². The number of carbonyl (C=O) groups is 1. The standard InChI is InChI=1S/C40H78NO12P/c1-3-5-7-9-11-13-14-15-16-17-18-19-20-22-24-26-28-33(43)32(41-34(44)29-31(42)27-25-23-21-12-10-8-6-4-2)30-52-54(50,51)53-40-38(48)36(46)35(45)37(47)39(40)49/h10,12,31-33,35-40,42-43,45-49H,3-9,11,13-30H2,1-2H3,(H,41,44)(H,50,51)/b12-10-. The molecule has 0 aromatic heterocycles.